The van der Waals surface area contributed by atoms with Crippen LogP contribution >= 0.6 is 0 Å². The van der Waals surface area contributed by atoms with Gasteiger partial charge in [-0.3, -0.25) is 4.79 Å². The van der Waals surface area contributed by atoms with Crippen molar-refractivity contribution in [2.45, 2.75) is 58.2 Å². The topological polar surface area (TPSA) is 82.5 Å². The standard InChI is InChI=1S/C24H27NO4/c1-22-10-8-14-12-18-16(15-6-4-5-7-17(15)25-18)13-19(14)29-23(22,2)11-9-20(26)24(22,3)21(27)28/h4-7,12-13,20,25-26H,8-11H2,1-3H3,(H,27,28). The molecule has 2 aromatic carbocycles. The summed E-state index contributed by atoms with van der Waals surface area (Å²) in [6.07, 6.45) is 1.50. The number of carboxylic acids is 1. The molecule has 0 radical (unpaired) electrons. The number of carboxylic acid groups (broad SMARTS) is 1. The van der Waals surface area contributed by atoms with Crippen LogP contribution in [0, 0.1) is 10.8 Å². The van der Waals surface area contributed by atoms with Crippen LogP contribution in [0.4, 0.5) is 0 Å². The Balaban J connectivity index is 1.68. The molecule has 0 spiro atoms. The quantitative estimate of drug-likeness (QED) is 0.562. The van der Waals surface area contributed by atoms with Gasteiger partial charge in [-0.2, -0.15) is 0 Å². The summed E-state index contributed by atoms with van der Waals surface area (Å²) in [6, 6.07) is 12.5. The number of aromatic nitrogens is 1. The van der Waals surface area contributed by atoms with Gasteiger partial charge in [-0.15, -0.1) is 0 Å². The highest BCUT2D eigenvalue weighted by Gasteiger charge is 2.67. The van der Waals surface area contributed by atoms with E-state index in [1.807, 2.05) is 26.0 Å². The van der Waals surface area contributed by atoms with Crippen LogP contribution in [0.2, 0.25) is 0 Å². The molecule has 0 saturated heterocycles. The molecular formula is C24H27NO4. The summed E-state index contributed by atoms with van der Waals surface area (Å²) >= 11 is 0. The molecule has 1 aliphatic heterocycles. The maximum absolute atomic E-state index is 12.3. The van der Waals surface area contributed by atoms with Gasteiger partial charge in [-0.1, -0.05) is 25.1 Å². The Bertz CT molecular complexity index is 1150. The van der Waals surface area contributed by atoms with Crippen LogP contribution < -0.4 is 4.74 Å². The van der Waals surface area contributed by atoms with Crippen LogP contribution in [0.3, 0.4) is 0 Å². The van der Waals surface area contributed by atoms with Crippen LogP contribution in [0.15, 0.2) is 36.4 Å². The molecule has 1 fully saturated rings. The zero-order chi connectivity index (χ0) is 20.6. The van der Waals surface area contributed by atoms with Gasteiger partial charge in [-0.05, 0) is 63.3 Å². The number of H-pyrrole nitrogens is 1. The Morgan fingerprint density at radius 3 is 2.62 bits per heavy atom. The number of benzene rings is 2. The SMILES string of the molecule is CC12CCC(O)C(C)(C(=O)O)C1(C)CCc1cc3[nH]c4ccccc4c3cc1O2. The molecule has 4 unspecified atom stereocenters. The van der Waals surface area contributed by atoms with E-state index in [0.717, 1.165) is 33.1 Å². The second-order valence-electron chi connectivity index (χ2n) is 9.40. The number of ether oxygens (including phenoxy) is 1. The molecule has 1 aromatic heterocycles. The summed E-state index contributed by atoms with van der Waals surface area (Å²) in [7, 11) is 0. The highest BCUT2D eigenvalue weighted by molar-refractivity contribution is 6.07. The zero-order valence-corrected chi connectivity index (χ0v) is 17.1. The highest BCUT2D eigenvalue weighted by Crippen LogP contribution is 2.61. The van der Waals surface area contributed by atoms with Crippen molar-refractivity contribution in [3.05, 3.63) is 42.0 Å². The van der Waals surface area contributed by atoms with Crippen molar-refractivity contribution in [2.24, 2.45) is 10.8 Å². The lowest BCUT2D eigenvalue weighted by atomic mass is 9.48. The Hall–Kier alpha value is -2.53. The number of fused-ring (bicyclic) bond motifs is 5. The van der Waals surface area contributed by atoms with Crippen molar-refractivity contribution in [3.8, 4) is 5.75 Å². The van der Waals surface area contributed by atoms with E-state index in [0.29, 0.717) is 25.7 Å². The predicted molar refractivity (Wildman–Crippen MR) is 112 cm³/mol. The smallest absolute Gasteiger partial charge is 0.312 e. The molecule has 5 rings (SSSR count). The summed E-state index contributed by atoms with van der Waals surface area (Å²) in [4.78, 5) is 15.8. The van der Waals surface area contributed by atoms with Crippen LogP contribution in [0.1, 0.15) is 45.6 Å². The van der Waals surface area contributed by atoms with Crippen LogP contribution in [0.25, 0.3) is 21.8 Å². The maximum Gasteiger partial charge on any atom is 0.312 e. The van der Waals surface area contributed by atoms with Crippen molar-refractivity contribution in [1.29, 1.82) is 0 Å². The van der Waals surface area contributed by atoms with E-state index in [-0.39, 0.29) is 0 Å². The van der Waals surface area contributed by atoms with E-state index >= 15 is 0 Å². The number of hydrogen-bond donors (Lipinski definition) is 3. The minimum atomic E-state index is -1.27. The van der Waals surface area contributed by atoms with Gasteiger partial charge in [0.1, 0.15) is 11.4 Å². The van der Waals surface area contributed by atoms with Gasteiger partial charge in [0, 0.05) is 27.2 Å². The first kappa shape index (κ1) is 18.5. The van der Waals surface area contributed by atoms with Gasteiger partial charge in [0.05, 0.1) is 11.5 Å². The molecular weight excluding hydrogens is 366 g/mol. The number of nitrogens with one attached hydrogen (secondary N) is 1. The monoisotopic (exact) mass is 393 g/mol. The molecule has 2 aliphatic rings. The number of rotatable bonds is 1. The first-order chi connectivity index (χ1) is 13.7. The van der Waals surface area contributed by atoms with Crippen molar-refractivity contribution in [1.82, 2.24) is 4.98 Å². The first-order valence-electron chi connectivity index (χ1n) is 10.3. The average molecular weight is 393 g/mol. The Morgan fingerprint density at radius 1 is 1.10 bits per heavy atom. The number of hydrogen-bond acceptors (Lipinski definition) is 3. The fraction of sp³-hybridized carbons (Fsp3) is 0.458. The normalized spacial score (nSPS) is 34.3. The molecule has 0 amide bonds. The number of carbonyl (C=O) groups is 1. The van der Waals surface area contributed by atoms with Crippen molar-refractivity contribution >= 4 is 27.8 Å². The van der Waals surface area contributed by atoms with Crippen molar-refractivity contribution in [2.75, 3.05) is 0 Å². The van der Waals surface area contributed by atoms with Gasteiger partial charge >= 0.3 is 5.97 Å². The molecule has 152 valence electrons. The third kappa shape index (κ3) is 2.22. The minimum absolute atomic E-state index is 0.416. The van der Waals surface area contributed by atoms with Crippen LogP contribution in [-0.4, -0.2) is 32.9 Å². The first-order valence-corrected chi connectivity index (χ1v) is 10.3. The molecule has 4 atom stereocenters. The van der Waals surface area contributed by atoms with E-state index in [1.165, 1.54) is 0 Å². The summed E-state index contributed by atoms with van der Waals surface area (Å²) in [6.45, 7) is 5.69. The van der Waals surface area contributed by atoms with Gasteiger partial charge in [0.25, 0.3) is 0 Å². The number of aliphatic carboxylic acids is 1. The van der Waals surface area contributed by atoms with Crippen LogP contribution in [-0.2, 0) is 11.2 Å². The second-order valence-corrected chi connectivity index (χ2v) is 9.40. The molecule has 5 heteroatoms. The lowest BCUT2D eigenvalue weighted by Gasteiger charge is -2.58. The van der Waals surface area contributed by atoms with Gasteiger partial charge < -0.3 is 19.9 Å². The summed E-state index contributed by atoms with van der Waals surface area (Å²) in [5, 5.41) is 23.1. The molecule has 3 aromatic rings. The average Bonchev–Trinajstić information content (AvgIpc) is 3.00. The van der Waals surface area contributed by atoms with Gasteiger partial charge in [-0.25, -0.2) is 0 Å². The van der Waals surface area contributed by atoms with Crippen molar-refractivity contribution in [3.63, 3.8) is 0 Å². The zero-order valence-electron chi connectivity index (χ0n) is 17.1. The van der Waals surface area contributed by atoms with E-state index in [4.69, 9.17) is 4.74 Å². The molecule has 3 N–H and O–H groups in total. The largest absolute Gasteiger partial charge is 0.487 e. The molecule has 2 heterocycles. The number of aliphatic hydroxyl groups is 1. The molecule has 1 aliphatic carbocycles. The summed E-state index contributed by atoms with van der Waals surface area (Å²) < 4.78 is 6.68. The number of para-hydroxylation sites is 1. The molecule has 29 heavy (non-hydrogen) atoms. The third-order valence-corrected chi connectivity index (χ3v) is 8.24. The van der Waals surface area contributed by atoms with Gasteiger partial charge in [0.15, 0.2) is 0 Å². The highest BCUT2D eigenvalue weighted by atomic mass is 16.5. The third-order valence-electron chi connectivity index (χ3n) is 8.24. The molecule has 0 bridgehead atoms. The van der Waals surface area contributed by atoms with E-state index in [2.05, 4.69) is 29.2 Å². The fourth-order valence-corrected chi connectivity index (χ4v) is 5.80. The Labute approximate surface area is 169 Å². The Morgan fingerprint density at radius 2 is 1.86 bits per heavy atom. The molecule has 1 saturated carbocycles. The van der Waals surface area contributed by atoms with Crippen LogP contribution in [0.5, 0.6) is 5.75 Å². The Kier molecular flexibility index (Phi) is 3.67. The van der Waals surface area contributed by atoms with E-state index < -0.39 is 28.5 Å². The lowest BCUT2D eigenvalue weighted by molar-refractivity contribution is -0.212. The van der Waals surface area contributed by atoms with E-state index in [1.54, 1.807) is 6.92 Å². The molecule has 5 nitrogen and oxygen atoms in total. The maximum atomic E-state index is 12.3. The van der Waals surface area contributed by atoms with Gasteiger partial charge in [0.2, 0.25) is 0 Å². The van der Waals surface area contributed by atoms with E-state index in [9.17, 15) is 15.0 Å². The summed E-state index contributed by atoms with van der Waals surface area (Å²) in [5.41, 5.74) is 0.592. The second kappa shape index (κ2) is 5.76. The van der Waals surface area contributed by atoms with Crippen molar-refractivity contribution < 1.29 is 19.7 Å². The predicted octanol–water partition coefficient (Wildman–Crippen LogP) is 4.66. The number of aliphatic hydroxyl groups excluding tert-OH is 1. The fourth-order valence-electron chi connectivity index (χ4n) is 5.80. The summed E-state index contributed by atoms with van der Waals surface area (Å²) in [5.74, 6) is -0.122. The minimum Gasteiger partial charge on any atom is -0.487 e. The number of aryl methyl sites for hydroxylation is 1. The number of aromatic amines is 1. The lowest BCUT2D eigenvalue weighted by Crippen LogP contribution is -2.66.